The highest BCUT2D eigenvalue weighted by Crippen LogP contribution is 2.29. The monoisotopic (exact) mass is 451 g/mol. The number of aliphatic imine (C=N–C) groups is 1. The fourth-order valence-electron chi connectivity index (χ4n) is 4.28. The number of anilines is 1. The lowest BCUT2D eigenvalue weighted by Crippen LogP contribution is -2.56. The van der Waals surface area contributed by atoms with Gasteiger partial charge in [0, 0.05) is 43.3 Å². The van der Waals surface area contributed by atoms with Gasteiger partial charge in [-0.3, -0.25) is 4.79 Å². The molecule has 2 saturated heterocycles. The standard InChI is InChI=1S/C19H29N7O4S/c1-31(28,29)24-8-6-14(7-9-24)17-22-19(20)25(26(17)21)18(27)15-2-4-16(5-3-15)23-10-12-30-13-11-23/h2-5,14,17H,6-13,21H2,1H3,(H2,20,22). The zero-order chi connectivity index (χ0) is 22.2. The van der Waals surface area contributed by atoms with Crippen molar-refractivity contribution < 1.29 is 17.9 Å². The van der Waals surface area contributed by atoms with E-state index in [4.69, 9.17) is 16.3 Å². The molecule has 0 spiro atoms. The molecule has 0 radical (unpaired) electrons. The minimum absolute atomic E-state index is 0.00282. The number of morpholine rings is 1. The number of amides is 1. The van der Waals surface area contributed by atoms with Crippen LogP contribution in [0.25, 0.3) is 0 Å². The van der Waals surface area contributed by atoms with E-state index in [1.54, 1.807) is 12.1 Å². The van der Waals surface area contributed by atoms with Crippen molar-refractivity contribution in [1.29, 1.82) is 0 Å². The van der Waals surface area contributed by atoms with Gasteiger partial charge in [0.25, 0.3) is 5.91 Å². The normalized spacial score (nSPS) is 24.5. The molecule has 1 aromatic rings. The molecule has 170 valence electrons. The summed E-state index contributed by atoms with van der Waals surface area (Å²) >= 11 is 0. The molecule has 4 rings (SSSR count). The summed E-state index contributed by atoms with van der Waals surface area (Å²) in [4.78, 5) is 19.7. The van der Waals surface area contributed by atoms with Crippen LogP contribution in [-0.4, -0.2) is 86.5 Å². The second kappa shape index (κ2) is 8.71. The summed E-state index contributed by atoms with van der Waals surface area (Å²) in [5.74, 6) is 5.93. The molecule has 0 aromatic heterocycles. The van der Waals surface area contributed by atoms with Crippen molar-refractivity contribution in [3.8, 4) is 0 Å². The third-order valence-electron chi connectivity index (χ3n) is 6.06. The van der Waals surface area contributed by atoms with Crippen LogP contribution >= 0.6 is 0 Å². The zero-order valence-electron chi connectivity index (χ0n) is 17.6. The molecule has 1 atom stereocenters. The van der Waals surface area contributed by atoms with Crippen LogP contribution in [0.4, 0.5) is 5.69 Å². The molecule has 1 aromatic carbocycles. The summed E-state index contributed by atoms with van der Waals surface area (Å²) in [7, 11) is -3.22. The lowest BCUT2D eigenvalue weighted by atomic mass is 9.95. The highest BCUT2D eigenvalue weighted by molar-refractivity contribution is 7.88. The Bertz CT molecular complexity index is 939. The van der Waals surface area contributed by atoms with E-state index in [0.29, 0.717) is 44.7 Å². The average Bonchev–Trinajstić information content (AvgIpc) is 3.07. The van der Waals surface area contributed by atoms with Gasteiger partial charge < -0.3 is 15.4 Å². The first-order valence-corrected chi connectivity index (χ1v) is 12.2. The van der Waals surface area contributed by atoms with E-state index >= 15 is 0 Å². The first-order valence-electron chi connectivity index (χ1n) is 10.3. The van der Waals surface area contributed by atoms with E-state index in [1.165, 1.54) is 20.7 Å². The lowest BCUT2D eigenvalue weighted by Gasteiger charge is -2.35. The van der Waals surface area contributed by atoms with E-state index in [1.807, 2.05) is 12.1 Å². The minimum atomic E-state index is -3.22. The summed E-state index contributed by atoms with van der Waals surface area (Å²) in [5, 5.41) is 2.46. The van der Waals surface area contributed by atoms with Crippen LogP contribution in [0.2, 0.25) is 0 Å². The number of piperidine rings is 1. The lowest BCUT2D eigenvalue weighted by molar-refractivity contribution is -0.00150. The number of rotatable bonds is 4. The molecular weight excluding hydrogens is 422 g/mol. The Morgan fingerprint density at radius 1 is 1.10 bits per heavy atom. The molecule has 0 bridgehead atoms. The van der Waals surface area contributed by atoms with Crippen LogP contribution in [0.1, 0.15) is 23.2 Å². The summed E-state index contributed by atoms with van der Waals surface area (Å²) in [5.41, 5.74) is 7.54. The number of benzene rings is 1. The molecule has 1 amide bonds. The van der Waals surface area contributed by atoms with Gasteiger partial charge in [0.05, 0.1) is 19.5 Å². The van der Waals surface area contributed by atoms with Crippen molar-refractivity contribution in [1.82, 2.24) is 14.4 Å². The number of guanidine groups is 1. The molecule has 3 aliphatic heterocycles. The summed E-state index contributed by atoms with van der Waals surface area (Å²) in [6, 6.07) is 7.32. The van der Waals surface area contributed by atoms with E-state index < -0.39 is 16.2 Å². The van der Waals surface area contributed by atoms with Crippen molar-refractivity contribution in [2.24, 2.45) is 22.5 Å². The van der Waals surface area contributed by atoms with Crippen molar-refractivity contribution in [2.45, 2.75) is 19.0 Å². The number of nitrogens with two attached hydrogens (primary N) is 2. The molecule has 2 fully saturated rings. The maximum absolute atomic E-state index is 13.1. The molecule has 0 aliphatic carbocycles. The predicted molar refractivity (Wildman–Crippen MR) is 116 cm³/mol. The van der Waals surface area contributed by atoms with Gasteiger partial charge in [-0.15, -0.1) is 5.12 Å². The largest absolute Gasteiger partial charge is 0.378 e. The Morgan fingerprint density at radius 3 is 2.29 bits per heavy atom. The van der Waals surface area contributed by atoms with Gasteiger partial charge >= 0.3 is 0 Å². The van der Waals surface area contributed by atoms with Crippen molar-refractivity contribution >= 4 is 27.6 Å². The van der Waals surface area contributed by atoms with Crippen molar-refractivity contribution in [2.75, 3.05) is 50.5 Å². The van der Waals surface area contributed by atoms with Crippen molar-refractivity contribution in [3.63, 3.8) is 0 Å². The van der Waals surface area contributed by atoms with Gasteiger partial charge in [-0.25, -0.2) is 23.6 Å². The Labute approximate surface area is 182 Å². The van der Waals surface area contributed by atoms with Gasteiger partial charge in [0.1, 0.15) is 6.17 Å². The number of hydrogen-bond acceptors (Lipinski definition) is 9. The molecule has 3 aliphatic rings. The SMILES string of the molecule is CS(=O)(=O)N1CCC(C2N=C(N)N(C(=O)c3ccc(N4CCOCC4)cc3)N2N)CC1. The minimum Gasteiger partial charge on any atom is -0.378 e. The smallest absolute Gasteiger partial charge is 0.276 e. The quantitative estimate of drug-likeness (QED) is 0.578. The van der Waals surface area contributed by atoms with E-state index in [9.17, 15) is 13.2 Å². The van der Waals surface area contributed by atoms with Crippen LogP contribution in [0.3, 0.4) is 0 Å². The van der Waals surface area contributed by atoms with Crippen LogP contribution in [0.5, 0.6) is 0 Å². The topological polar surface area (TPSA) is 138 Å². The maximum atomic E-state index is 13.1. The first-order chi connectivity index (χ1) is 14.8. The Balaban J connectivity index is 1.42. The van der Waals surface area contributed by atoms with E-state index in [-0.39, 0.29) is 17.8 Å². The van der Waals surface area contributed by atoms with Gasteiger partial charge in [-0.2, -0.15) is 5.01 Å². The number of ether oxygens (including phenoxy) is 1. The molecule has 31 heavy (non-hydrogen) atoms. The van der Waals surface area contributed by atoms with E-state index in [0.717, 1.165) is 18.8 Å². The highest BCUT2D eigenvalue weighted by Gasteiger charge is 2.41. The van der Waals surface area contributed by atoms with Crippen LogP contribution < -0.4 is 16.5 Å². The van der Waals surface area contributed by atoms with Crippen molar-refractivity contribution in [3.05, 3.63) is 29.8 Å². The summed E-state index contributed by atoms with van der Waals surface area (Å²) in [6.45, 7) is 3.81. The predicted octanol–water partition coefficient (Wildman–Crippen LogP) is -0.618. The maximum Gasteiger partial charge on any atom is 0.276 e. The third kappa shape index (κ3) is 4.53. The fraction of sp³-hybridized carbons (Fsp3) is 0.579. The molecule has 4 N–H and O–H groups in total. The second-order valence-electron chi connectivity index (χ2n) is 8.04. The molecule has 12 heteroatoms. The first kappa shape index (κ1) is 22.0. The molecule has 3 heterocycles. The highest BCUT2D eigenvalue weighted by atomic mass is 32.2. The van der Waals surface area contributed by atoms with Gasteiger partial charge in [-0.05, 0) is 37.1 Å². The van der Waals surface area contributed by atoms with Gasteiger partial charge in [0.2, 0.25) is 16.0 Å². The van der Waals surface area contributed by atoms with Gasteiger partial charge in [-0.1, -0.05) is 0 Å². The van der Waals surface area contributed by atoms with Gasteiger partial charge in [0.15, 0.2) is 0 Å². The number of carbonyl (C=O) groups is 1. The molecule has 11 nitrogen and oxygen atoms in total. The summed E-state index contributed by atoms with van der Waals surface area (Å²) < 4.78 is 30.3. The number of sulfonamides is 1. The Morgan fingerprint density at radius 2 is 1.71 bits per heavy atom. The van der Waals surface area contributed by atoms with E-state index in [2.05, 4.69) is 9.89 Å². The summed E-state index contributed by atoms with van der Waals surface area (Å²) in [6.07, 6.45) is 1.90. The number of carbonyl (C=O) groups excluding carboxylic acids is 1. The Hall–Kier alpha value is -2.25. The van der Waals surface area contributed by atoms with Crippen LogP contribution in [0, 0.1) is 5.92 Å². The average molecular weight is 452 g/mol. The third-order valence-corrected chi connectivity index (χ3v) is 7.36. The van der Waals surface area contributed by atoms with Crippen LogP contribution in [0.15, 0.2) is 29.3 Å². The zero-order valence-corrected chi connectivity index (χ0v) is 18.4. The molecular formula is C19H29N7O4S. The second-order valence-corrected chi connectivity index (χ2v) is 10.0. The molecule has 0 saturated carbocycles. The Kier molecular flexibility index (Phi) is 6.17. The number of hydrazine groups is 2. The number of hydrogen-bond donors (Lipinski definition) is 2. The molecule has 1 unspecified atom stereocenters. The number of nitrogens with zero attached hydrogens (tertiary/aromatic N) is 5. The fourth-order valence-corrected chi connectivity index (χ4v) is 5.15. The van der Waals surface area contributed by atoms with Crippen LogP contribution in [-0.2, 0) is 14.8 Å².